The number of thioether (sulfide) groups is 1. The molecule has 0 saturated heterocycles. The van der Waals surface area contributed by atoms with Gasteiger partial charge in [0.15, 0.2) is 0 Å². The topological polar surface area (TPSA) is 12.4 Å². The zero-order chi connectivity index (χ0) is 12.5. The normalized spacial score (nSPS) is 39.2. The number of fused-ring (bicyclic) bond motifs is 6. The highest BCUT2D eigenvalue weighted by Crippen LogP contribution is 2.69. The van der Waals surface area contributed by atoms with Gasteiger partial charge in [0.1, 0.15) is 0 Å². The third kappa shape index (κ3) is 1.09. The summed E-state index contributed by atoms with van der Waals surface area (Å²) in [6, 6.07) is 8.62. The molecule has 4 rings (SSSR count). The minimum absolute atomic E-state index is 0.408. The number of benzene rings is 1. The van der Waals surface area contributed by atoms with Crippen LogP contribution in [0, 0.1) is 16.7 Å². The fourth-order valence-electron chi connectivity index (χ4n) is 4.26. The molecule has 2 aliphatic carbocycles. The summed E-state index contributed by atoms with van der Waals surface area (Å²) in [5, 5.41) is 0.612. The average molecular weight is 257 g/mol. The van der Waals surface area contributed by atoms with Gasteiger partial charge in [-0.15, -0.1) is 11.8 Å². The number of nitrogens with zero attached hydrogens (tertiary/aromatic N) is 1. The summed E-state index contributed by atoms with van der Waals surface area (Å²) in [5.41, 5.74) is 3.51. The van der Waals surface area contributed by atoms with Crippen LogP contribution in [0.2, 0.25) is 0 Å². The van der Waals surface area contributed by atoms with Gasteiger partial charge in [-0.25, -0.2) is 0 Å². The summed E-state index contributed by atoms with van der Waals surface area (Å²) in [7, 11) is 0. The Hall–Kier alpha value is -0.760. The van der Waals surface area contributed by atoms with Crippen LogP contribution in [0.15, 0.2) is 34.2 Å². The van der Waals surface area contributed by atoms with E-state index in [0.717, 1.165) is 0 Å². The molecular weight excluding hydrogens is 238 g/mol. The van der Waals surface area contributed by atoms with Gasteiger partial charge >= 0.3 is 0 Å². The Morgan fingerprint density at radius 2 is 2.00 bits per heavy atom. The molecule has 3 atom stereocenters. The SMILES string of the molecule is CC1(C)C2CCC1(C)C1Sc3ccccc3N=C21. The van der Waals surface area contributed by atoms with E-state index in [1.807, 2.05) is 0 Å². The van der Waals surface area contributed by atoms with Crippen molar-refractivity contribution in [1.82, 2.24) is 0 Å². The standard InChI is InChI=1S/C16H19NS/c1-15(2)10-8-9-16(15,3)14-13(10)17-11-6-4-5-7-12(11)18-14/h4-7,10,14H,8-9H2,1-3H3. The molecule has 1 aliphatic heterocycles. The molecule has 18 heavy (non-hydrogen) atoms. The lowest BCUT2D eigenvalue weighted by atomic mass is 9.71. The van der Waals surface area contributed by atoms with Crippen molar-refractivity contribution in [3.05, 3.63) is 24.3 Å². The largest absolute Gasteiger partial charge is 0.255 e. The summed E-state index contributed by atoms with van der Waals surface area (Å²) in [4.78, 5) is 6.40. The van der Waals surface area contributed by atoms with E-state index in [9.17, 15) is 0 Å². The summed E-state index contributed by atoms with van der Waals surface area (Å²) >= 11 is 2.06. The molecule has 1 aromatic carbocycles. The van der Waals surface area contributed by atoms with E-state index in [1.165, 1.54) is 29.1 Å². The van der Waals surface area contributed by atoms with Crippen LogP contribution in [0.25, 0.3) is 0 Å². The summed E-state index contributed by atoms with van der Waals surface area (Å²) in [6.45, 7) is 7.40. The van der Waals surface area contributed by atoms with E-state index in [2.05, 4.69) is 56.8 Å². The monoisotopic (exact) mass is 257 g/mol. The molecule has 94 valence electrons. The van der Waals surface area contributed by atoms with Crippen molar-refractivity contribution in [1.29, 1.82) is 0 Å². The fraction of sp³-hybridized carbons (Fsp3) is 0.562. The Balaban J connectivity index is 1.90. The van der Waals surface area contributed by atoms with Gasteiger partial charge < -0.3 is 0 Å². The molecule has 2 bridgehead atoms. The summed E-state index contributed by atoms with van der Waals surface area (Å²) < 4.78 is 0. The Kier molecular flexibility index (Phi) is 1.98. The molecule has 2 heteroatoms. The van der Waals surface area contributed by atoms with E-state index in [1.54, 1.807) is 0 Å². The van der Waals surface area contributed by atoms with Crippen LogP contribution >= 0.6 is 11.8 Å². The molecule has 0 spiro atoms. The van der Waals surface area contributed by atoms with Crippen molar-refractivity contribution in [2.45, 2.75) is 43.8 Å². The summed E-state index contributed by atoms with van der Waals surface area (Å²) in [5.74, 6) is 0.702. The zero-order valence-corrected chi connectivity index (χ0v) is 12.1. The maximum atomic E-state index is 5.03. The molecule has 1 aromatic rings. The van der Waals surface area contributed by atoms with Gasteiger partial charge in [-0.2, -0.15) is 0 Å². The first-order chi connectivity index (χ1) is 8.54. The average Bonchev–Trinajstić information content (AvgIpc) is 2.68. The van der Waals surface area contributed by atoms with Gasteiger partial charge in [0.2, 0.25) is 0 Å². The Morgan fingerprint density at radius 3 is 2.83 bits per heavy atom. The predicted molar refractivity (Wildman–Crippen MR) is 77.8 cm³/mol. The molecule has 0 aromatic heterocycles. The molecule has 1 nitrogen and oxygen atoms in total. The second kappa shape index (κ2) is 3.22. The molecule has 0 amide bonds. The molecule has 3 aliphatic rings. The first kappa shape index (κ1) is 11.1. The van der Waals surface area contributed by atoms with Gasteiger partial charge in [-0.1, -0.05) is 32.9 Å². The highest BCUT2D eigenvalue weighted by molar-refractivity contribution is 8.01. The van der Waals surface area contributed by atoms with Gasteiger partial charge in [-0.3, -0.25) is 4.99 Å². The van der Waals surface area contributed by atoms with E-state index in [0.29, 0.717) is 22.0 Å². The van der Waals surface area contributed by atoms with Crippen LogP contribution in [0.4, 0.5) is 5.69 Å². The lowest BCUT2D eigenvalue weighted by Crippen LogP contribution is -2.36. The van der Waals surface area contributed by atoms with Crippen molar-refractivity contribution in [2.24, 2.45) is 21.7 Å². The maximum absolute atomic E-state index is 5.03. The Labute approximate surface area is 113 Å². The number of rotatable bonds is 0. The molecule has 2 saturated carbocycles. The van der Waals surface area contributed by atoms with E-state index >= 15 is 0 Å². The first-order valence-corrected chi connectivity index (χ1v) is 7.76. The van der Waals surface area contributed by atoms with Crippen molar-refractivity contribution >= 4 is 23.2 Å². The van der Waals surface area contributed by atoms with Crippen LogP contribution in [0.3, 0.4) is 0 Å². The number of aliphatic imine (C=N–C) groups is 1. The highest BCUT2D eigenvalue weighted by Gasteiger charge is 2.65. The second-order valence-electron chi connectivity index (χ2n) is 6.73. The number of para-hydroxylation sites is 1. The Bertz CT molecular complexity index is 560. The number of hydrogen-bond acceptors (Lipinski definition) is 2. The van der Waals surface area contributed by atoms with Crippen molar-refractivity contribution in [3.8, 4) is 0 Å². The number of hydrogen-bond donors (Lipinski definition) is 0. The van der Waals surface area contributed by atoms with Crippen LogP contribution in [0.5, 0.6) is 0 Å². The van der Waals surface area contributed by atoms with Gasteiger partial charge in [-0.05, 0) is 35.8 Å². The second-order valence-corrected chi connectivity index (χ2v) is 7.88. The van der Waals surface area contributed by atoms with Crippen molar-refractivity contribution < 1.29 is 0 Å². The van der Waals surface area contributed by atoms with Crippen LogP contribution in [-0.4, -0.2) is 11.0 Å². The quantitative estimate of drug-likeness (QED) is 0.657. The Morgan fingerprint density at radius 1 is 1.22 bits per heavy atom. The highest BCUT2D eigenvalue weighted by atomic mass is 32.2. The molecule has 2 fully saturated rings. The lowest BCUT2D eigenvalue weighted by Gasteiger charge is -2.39. The van der Waals surface area contributed by atoms with Crippen LogP contribution < -0.4 is 0 Å². The van der Waals surface area contributed by atoms with Gasteiger partial charge in [0.25, 0.3) is 0 Å². The van der Waals surface area contributed by atoms with Crippen LogP contribution in [-0.2, 0) is 0 Å². The van der Waals surface area contributed by atoms with E-state index in [4.69, 9.17) is 4.99 Å². The molecule has 0 radical (unpaired) electrons. The maximum Gasteiger partial charge on any atom is 0.0765 e. The molecular formula is C16H19NS. The molecule has 0 N–H and O–H groups in total. The summed E-state index contributed by atoms with van der Waals surface area (Å²) in [6.07, 6.45) is 2.70. The minimum Gasteiger partial charge on any atom is -0.255 e. The lowest BCUT2D eigenvalue weighted by molar-refractivity contribution is 0.157. The third-order valence-corrected chi connectivity index (χ3v) is 7.46. The predicted octanol–water partition coefficient (Wildman–Crippen LogP) is 4.69. The van der Waals surface area contributed by atoms with Crippen molar-refractivity contribution in [3.63, 3.8) is 0 Å². The van der Waals surface area contributed by atoms with Crippen molar-refractivity contribution in [2.75, 3.05) is 0 Å². The van der Waals surface area contributed by atoms with Crippen LogP contribution in [0.1, 0.15) is 33.6 Å². The smallest absolute Gasteiger partial charge is 0.0765 e. The van der Waals surface area contributed by atoms with Gasteiger partial charge in [0.05, 0.1) is 10.9 Å². The van der Waals surface area contributed by atoms with Gasteiger partial charge in [0, 0.05) is 16.5 Å². The fourth-order valence-corrected chi connectivity index (χ4v) is 5.93. The van der Waals surface area contributed by atoms with E-state index < -0.39 is 0 Å². The molecule has 3 unspecified atom stereocenters. The van der Waals surface area contributed by atoms with E-state index in [-0.39, 0.29) is 0 Å². The third-order valence-electron chi connectivity index (χ3n) is 5.86. The first-order valence-electron chi connectivity index (χ1n) is 6.88. The zero-order valence-electron chi connectivity index (χ0n) is 11.2. The minimum atomic E-state index is 0.408. The molecule has 1 heterocycles.